The van der Waals surface area contributed by atoms with Gasteiger partial charge in [0.1, 0.15) is 16.5 Å². The van der Waals surface area contributed by atoms with Crippen LogP contribution in [0.15, 0.2) is 27.0 Å². The summed E-state index contributed by atoms with van der Waals surface area (Å²) in [4.78, 5) is 23.1. The molecule has 0 bridgehead atoms. The van der Waals surface area contributed by atoms with E-state index in [1.807, 2.05) is 0 Å². The maximum Gasteiger partial charge on any atom is 0.294 e. The van der Waals surface area contributed by atoms with Crippen LogP contribution in [0.3, 0.4) is 0 Å². The van der Waals surface area contributed by atoms with Crippen LogP contribution in [0.1, 0.15) is 0 Å². The number of carbonyl (C=O) groups is 2. The summed E-state index contributed by atoms with van der Waals surface area (Å²) in [6, 6.07) is 3.52. The number of phenolic OH excluding ortho intramolecular Hbond substituents is 2. The van der Waals surface area contributed by atoms with Crippen LogP contribution in [-0.4, -0.2) is 37.1 Å². The molecule has 0 unspecified atom stereocenters. The van der Waals surface area contributed by atoms with E-state index in [-0.39, 0.29) is 27.3 Å². The normalized spacial score (nSPS) is 13.2. The van der Waals surface area contributed by atoms with Crippen molar-refractivity contribution >= 4 is 23.7 Å². The zero-order chi connectivity index (χ0) is 19.5. The van der Waals surface area contributed by atoms with E-state index in [1.165, 1.54) is 6.07 Å². The first-order chi connectivity index (χ1) is 12.8. The Bertz CT molecular complexity index is 1260. The fourth-order valence-corrected chi connectivity index (χ4v) is 2.83. The molecule has 0 amide bonds. The number of aromatic hydroxyl groups is 5. The van der Waals surface area contributed by atoms with Crippen LogP contribution in [0, 0.1) is 0 Å². The molecule has 0 fully saturated rings. The Kier molecular flexibility index (Phi) is 3.28. The number of fused-ring (bicyclic) bond motifs is 1. The highest BCUT2D eigenvalue weighted by molar-refractivity contribution is 6.57. The van der Waals surface area contributed by atoms with Gasteiger partial charge in [-0.05, 0) is 17.7 Å². The first-order valence-corrected chi connectivity index (χ1v) is 7.49. The van der Waals surface area contributed by atoms with Crippen LogP contribution < -0.4 is 10.6 Å². The number of ketones is 2. The topological polar surface area (TPSA) is 162 Å². The fraction of sp³-hybridized carbons (Fsp3) is 0. The minimum Gasteiger partial charge on any atom is -0.504 e. The summed E-state index contributed by atoms with van der Waals surface area (Å²) in [5.74, 6) is -5.11. The summed E-state index contributed by atoms with van der Waals surface area (Å²) in [5, 5.41) is 49.7. The van der Waals surface area contributed by atoms with Crippen LogP contribution in [-0.2, 0) is 9.59 Å². The monoisotopic (exact) mass is 370 g/mol. The maximum atomic E-state index is 11.6. The molecule has 1 aromatic carbocycles. The van der Waals surface area contributed by atoms with Gasteiger partial charge in [-0.2, -0.15) is 0 Å². The molecular weight excluding hydrogens is 360 g/mol. The number of hydrogen-bond acceptors (Lipinski definition) is 9. The number of Topliss-reactive ketones (excluding diaryl/α,β-unsaturated/α-hetero) is 2. The Hall–Kier alpha value is -4.14. The van der Waals surface area contributed by atoms with E-state index in [0.29, 0.717) is 0 Å². The summed E-state index contributed by atoms with van der Waals surface area (Å²) in [7, 11) is 0. The summed E-state index contributed by atoms with van der Waals surface area (Å²) >= 11 is 0. The Morgan fingerprint density at radius 2 is 1.41 bits per heavy atom. The SMILES string of the molecule is O=C1C=c2oc(O)c(-c3oc(O)c(-c4ccc(O)c(O)c4)c3O)c2=CC1=O. The molecule has 2 aromatic heterocycles. The first-order valence-electron chi connectivity index (χ1n) is 7.49. The fourth-order valence-electron chi connectivity index (χ4n) is 2.83. The third kappa shape index (κ3) is 2.33. The minimum atomic E-state index is -0.858. The third-order valence-electron chi connectivity index (χ3n) is 4.09. The quantitative estimate of drug-likeness (QED) is 0.318. The van der Waals surface area contributed by atoms with Crippen molar-refractivity contribution in [3.05, 3.63) is 28.8 Å². The molecule has 0 atom stereocenters. The van der Waals surface area contributed by atoms with Crippen LogP contribution in [0.25, 0.3) is 34.6 Å². The molecular formula is C18H10O9. The zero-order valence-electron chi connectivity index (χ0n) is 13.3. The molecule has 0 aliphatic heterocycles. The van der Waals surface area contributed by atoms with E-state index in [4.69, 9.17) is 8.83 Å². The number of hydrogen-bond donors (Lipinski definition) is 5. The summed E-state index contributed by atoms with van der Waals surface area (Å²) in [6.07, 6.45) is 1.81. The van der Waals surface area contributed by atoms with Crippen molar-refractivity contribution in [1.29, 1.82) is 0 Å². The molecule has 2 heterocycles. The van der Waals surface area contributed by atoms with Gasteiger partial charge in [-0.15, -0.1) is 0 Å². The number of benzene rings is 1. The van der Waals surface area contributed by atoms with Crippen LogP contribution in [0.2, 0.25) is 0 Å². The smallest absolute Gasteiger partial charge is 0.294 e. The summed E-state index contributed by atoms with van der Waals surface area (Å²) in [6.45, 7) is 0. The standard InChI is InChI=1S/C18H10O9/c19-8-2-1-6(3-9(8)20)13-15(23)16(27-17(13)24)14-7-4-10(21)11(22)5-12(7)26-18(14)25/h1-5,19-20,23-25H. The van der Waals surface area contributed by atoms with Crippen molar-refractivity contribution in [1.82, 2.24) is 0 Å². The Morgan fingerprint density at radius 3 is 2.11 bits per heavy atom. The van der Waals surface area contributed by atoms with Gasteiger partial charge in [0.2, 0.25) is 11.6 Å². The molecule has 4 rings (SSSR count). The maximum absolute atomic E-state index is 11.6. The largest absolute Gasteiger partial charge is 0.504 e. The second-order valence-electron chi connectivity index (χ2n) is 5.74. The molecule has 1 aliphatic carbocycles. The number of carbonyl (C=O) groups excluding carboxylic acids is 2. The van der Waals surface area contributed by atoms with E-state index >= 15 is 0 Å². The molecule has 0 saturated heterocycles. The lowest BCUT2D eigenvalue weighted by atomic mass is 10.0. The highest BCUT2D eigenvalue weighted by Gasteiger charge is 2.29. The van der Waals surface area contributed by atoms with Gasteiger partial charge in [-0.25, -0.2) is 0 Å². The van der Waals surface area contributed by atoms with E-state index in [1.54, 1.807) is 0 Å². The van der Waals surface area contributed by atoms with Crippen molar-refractivity contribution in [3.8, 4) is 51.6 Å². The molecule has 27 heavy (non-hydrogen) atoms. The Morgan fingerprint density at radius 1 is 0.741 bits per heavy atom. The Labute approximate surface area is 149 Å². The molecule has 0 saturated carbocycles. The molecule has 0 spiro atoms. The van der Waals surface area contributed by atoms with E-state index in [2.05, 4.69) is 0 Å². The van der Waals surface area contributed by atoms with Crippen molar-refractivity contribution in [3.63, 3.8) is 0 Å². The lowest BCUT2D eigenvalue weighted by Crippen LogP contribution is -2.31. The molecule has 3 aromatic rings. The first kappa shape index (κ1) is 16.3. The van der Waals surface area contributed by atoms with Crippen LogP contribution >= 0.6 is 0 Å². The van der Waals surface area contributed by atoms with Gasteiger partial charge in [0.05, 0.1) is 0 Å². The average Bonchev–Trinajstić information content (AvgIpc) is 3.06. The lowest BCUT2D eigenvalue weighted by Gasteiger charge is -2.02. The highest BCUT2D eigenvalue weighted by Crippen LogP contribution is 2.48. The number of furan rings is 2. The van der Waals surface area contributed by atoms with Crippen LogP contribution in [0.4, 0.5) is 0 Å². The second-order valence-corrected chi connectivity index (χ2v) is 5.74. The van der Waals surface area contributed by atoms with E-state index in [0.717, 1.165) is 24.3 Å². The molecule has 1 aliphatic rings. The van der Waals surface area contributed by atoms with Crippen molar-refractivity contribution in [2.75, 3.05) is 0 Å². The highest BCUT2D eigenvalue weighted by atomic mass is 16.5. The average molecular weight is 370 g/mol. The second kappa shape index (κ2) is 5.43. The number of rotatable bonds is 2. The Balaban J connectivity index is 1.98. The summed E-state index contributed by atoms with van der Waals surface area (Å²) in [5.41, 5.74) is -0.457. The van der Waals surface area contributed by atoms with E-state index < -0.39 is 46.5 Å². The zero-order valence-corrected chi connectivity index (χ0v) is 13.3. The van der Waals surface area contributed by atoms with E-state index in [9.17, 15) is 35.1 Å². The third-order valence-corrected chi connectivity index (χ3v) is 4.09. The van der Waals surface area contributed by atoms with Crippen molar-refractivity contribution in [2.24, 2.45) is 0 Å². The lowest BCUT2D eigenvalue weighted by molar-refractivity contribution is -0.129. The molecule has 136 valence electrons. The van der Waals surface area contributed by atoms with Gasteiger partial charge in [0.25, 0.3) is 11.9 Å². The van der Waals surface area contributed by atoms with Gasteiger partial charge in [-0.1, -0.05) is 6.07 Å². The van der Waals surface area contributed by atoms with Gasteiger partial charge in [-0.3, -0.25) is 9.59 Å². The minimum absolute atomic E-state index is 0.00116. The number of phenols is 2. The van der Waals surface area contributed by atoms with Crippen LogP contribution in [0.5, 0.6) is 29.1 Å². The molecule has 9 heteroatoms. The molecule has 0 radical (unpaired) electrons. The van der Waals surface area contributed by atoms with Crippen molar-refractivity contribution in [2.45, 2.75) is 0 Å². The predicted octanol–water partition coefficient (Wildman–Crippen LogP) is 0.447. The van der Waals surface area contributed by atoms with Crippen molar-refractivity contribution < 1.29 is 44.0 Å². The van der Waals surface area contributed by atoms with Gasteiger partial charge in [0.15, 0.2) is 23.0 Å². The molecule has 5 N–H and O–H groups in total. The molecule has 9 nitrogen and oxygen atoms in total. The predicted molar refractivity (Wildman–Crippen MR) is 88.4 cm³/mol. The van der Waals surface area contributed by atoms with Gasteiger partial charge < -0.3 is 34.4 Å². The van der Waals surface area contributed by atoms with Gasteiger partial charge >= 0.3 is 0 Å². The van der Waals surface area contributed by atoms with Gasteiger partial charge in [0, 0.05) is 17.4 Å². The summed E-state index contributed by atoms with van der Waals surface area (Å²) < 4.78 is 10.2.